The Bertz CT molecular complexity index is 2670. The summed E-state index contributed by atoms with van der Waals surface area (Å²) in [5.41, 5.74) is 1.48. The number of nitrogens with two attached hydrogens (primary N) is 1. The molecule has 2 aliphatic heterocycles. The highest BCUT2D eigenvalue weighted by molar-refractivity contribution is 6.31. The van der Waals surface area contributed by atoms with Crippen LogP contribution in [0.2, 0.25) is 0 Å². The number of carbonyl (C=O) groups excluding carboxylic acids is 2. The zero-order valence-electron chi connectivity index (χ0n) is 51.5. The van der Waals surface area contributed by atoms with Gasteiger partial charge in [0.25, 0.3) is 0 Å². The Balaban J connectivity index is 0.630. The van der Waals surface area contributed by atoms with Crippen LogP contribution in [0, 0.1) is 40.1 Å². The summed E-state index contributed by atoms with van der Waals surface area (Å²) in [4.78, 5) is 33.9. The summed E-state index contributed by atoms with van der Waals surface area (Å²) in [6, 6.07) is 18.7. The average Bonchev–Trinajstić information content (AvgIpc) is 1.54. The minimum absolute atomic E-state index is 0.00821. The molecule has 3 aromatic rings. The van der Waals surface area contributed by atoms with Crippen molar-refractivity contribution < 1.29 is 83.6 Å². The van der Waals surface area contributed by atoms with Crippen molar-refractivity contribution in [1.82, 2.24) is 15.1 Å². The van der Waals surface area contributed by atoms with Crippen LogP contribution in [0.25, 0.3) is 0 Å². The largest absolute Gasteiger partial charge is 0.491 e. The van der Waals surface area contributed by atoms with E-state index in [1.165, 1.54) is 6.21 Å². The van der Waals surface area contributed by atoms with Gasteiger partial charge >= 0.3 is 5.97 Å². The molecule has 3 aromatic carbocycles. The number of nitrogens with one attached hydrogen (secondary N) is 3. The van der Waals surface area contributed by atoms with Crippen LogP contribution in [-0.4, -0.2) is 201 Å². The SMILES string of the molecule is CC(=N)N(C(=N)C1CC(Oc2ccc(OCCOCCOCCOCCOC/C(C=NCCOCCOCCOCCOCCC(=O)Oc3c(F)cc(F)cc3F)=N/N)cc2)C1)C1CC2CCC(C1)N2CC[C@H](NC(=O)C1CCC(F)(F)CC1)c1ccccc1. The Kier molecular flexibility index (Phi) is 30.5. The monoisotopic (exact) mass is 1270 g/mol. The molecule has 0 radical (unpaired) electrons. The number of hydrazone groups is 1. The van der Waals surface area contributed by atoms with Crippen molar-refractivity contribution in [3.05, 3.63) is 89.7 Å². The van der Waals surface area contributed by atoms with E-state index in [0.29, 0.717) is 159 Å². The molecule has 2 unspecified atom stereocenters. The number of amidine groups is 2. The number of nitrogens with zero attached hydrogens (tertiary/aromatic N) is 4. The number of benzene rings is 3. The first kappa shape index (κ1) is 71.2. The molecule has 0 aromatic heterocycles. The van der Waals surface area contributed by atoms with Gasteiger partial charge in [0.05, 0.1) is 131 Å². The van der Waals surface area contributed by atoms with E-state index in [2.05, 4.69) is 25.0 Å². The standard InChI is InChI=1S/C64H89F5N8O13/c1-45(70)77(53-41-51-7-8-52(42-53)76(51)20-15-59(46-5-3-2-4-6-46)74-63(79)47-13-17-64(68,69)18-14-47)62(71)48-37-56(38-48)89-55-11-9-54(10-12-55)88-36-35-86-32-31-84-29-30-85-33-34-87-44-50(75-72)43-73-19-22-81-24-26-83-28-27-82-25-23-80-21-16-60(78)90-61-57(66)39-49(65)40-58(61)67/h2-6,9-12,39-40,43,47-48,51-53,56,59,70-71H,7-8,13-38,41-42,44,72H2,1H3,(H,74,79)/b70-45?,71-62?,73-43?,75-50+/t48?,51?,52?,53?,56?,59-/m0/s1. The summed E-state index contributed by atoms with van der Waals surface area (Å²) in [5, 5.41) is 25.0. The number of hydrogen-bond acceptors (Lipinski definition) is 19. The predicted octanol–water partition coefficient (Wildman–Crippen LogP) is 8.50. The van der Waals surface area contributed by atoms with Gasteiger partial charge in [0.1, 0.15) is 41.6 Å². The summed E-state index contributed by atoms with van der Waals surface area (Å²) >= 11 is 0. The van der Waals surface area contributed by atoms with Crippen LogP contribution < -0.4 is 25.4 Å². The number of alkyl halides is 2. The van der Waals surface area contributed by atoms with Gasteiger partial charge < -0.3 is 68.2 Å². The van der Waals surface area contributed by atoms with Crippen molar-refractivity contribution in [3.8, 4) is 17.2 Å². The Morgan fingerprint density at radius 1 is 0.700 bits per heavy atom. The summed E-state index contributed by atoms with van der Waals surface area (Å²) in [6.45, 7) is 8.24. The van der Waals surface area contributed by atoms with Crippen LogP contribution in [0.15, 0.2) is 76.8 Å². The molecule has 2 saturated carbocycles. The Labute approximate surface area is 523 Å². The molecule has 21 nitrogen and oxygen atoms in total. The molecule has 2 heterocycles. The average molecular weight is 1270 g/mol. The third-order valence-corrected chi connectivity index (χ3v) is 16.1. The van der Waals surface area contributed by atoms with Gasteiger partial charge in [-0.1, -0.05) is 30.3 Å². The second-order valence-electron chi connectivity index (χ2n) is 22.6. The van der Waals surface area contributed by atoms with Crippen LogP contribution in [0.3, 0.4) is 0 Å². The highest BCUT2D eigenvalue weighted by Crippen LogP contribution is 2.41. The second-order valence-corrected chi connectivity index (χ2v) is 22.6. The number of esters is 1. The molecule has 7 rings (SSSR count). The van der Waals surface area contributed by atoms with Crippen molar-refractivity contribution in [2.75, 3.05) is 125 Å². The van der Waals surface area contributed by atoms with Gasteiger partial charge in [0.15, 0.2) is 11.6 Å². The minimum atomic E-state index is -2.68. The van der Waals surface area contributed by atoms with Gasteiger partial charge in [-0.3, -0.25) is 30.3 Å². The maximum atomic E-state index is 13.9. The minimum Gasteiger partial charge on any atom is -0.491 e. The third-order valence-electron chi connectivity index (χ3n) is 16.1. The number of ether oxygens (including phenoxy) is 11. The van der Waals surface area contributed by atoms with Crippen LogP contribution in [-0.2, 0) is 47.5 Å². The molecule has 4 aliphatic rings. The van der Waals surface area contributed by atoms with E-state index < -0.39 is 41.0 Å². The first-order valence-electron chi connectivity index (χ1n) is 31.2. The van der Waals surface area contributed by atoms with Crippen molar-refractivity contribution >= 4 is 35.5 Å². The fourth-order valence-corrected chi connectivity index (χ4v) is 11.4. The third kappa shape index (κ3) is 24.4. The number of piperidine rings is 1. The molecule has 498 valence electrons. The summed E-state index contributed by atoms with van der Waals surface area (Å²) in [6.07, 6.45) is 7.12. The van der Waals surface area contributed by atoms with Crippen LogP contribution >= 0.6 is 0 Å². The lowest BCUT2D eigenvalue weighted by molar-refractivity contribution is -0.136. The fraction of sp³-hybridized carbons (Fsp3) is 0.625. The van der Waals surface area contributed by atoms with Crippen LogP contribution in [0.4, 0.5) is 22.0 Å². The number of carbonyl (C=O) groups is 2. The zero-order valence-corrected chi connectivity index (χ0v) is 51.5. The molecule has 90 heavy (non-hydrogen) atoms. The molecule has 2 bridgehead atoms. The van der Waals surface area contributed by atoms with Crippen LogP contribution in [0.5, 0.6) is 17.2 Å². The highest BCUT2D eigenvalue weighted by Gasteiger charge is 2.46. The molecule has 2 saturated heterocycles. The van der Waals surface area contributed by atoms with Gasteiger partial charge in [0.2, 0.25) is 17.6 Å². The van der Waals surface area contributed by atoms with Crippen molar-refractivity contribution in [3.63, 3.8) is 0 Å². The van der Waals surface area contributed by atoms with Crippen LogP contribution in [0.1, 0.15) is 95.6 Å². The predicted molar refractivity (Wildman–Crippen MR) is 326 cm³/mol. The molecule has 2 aliphatic carbocycles. The molecule has 5 N–H and O–H groups in total. The van der Waals surface area contributed by atoms with Gasteiger partial charge in [0, 0.05) is 67.7 Å². The maximum absolute atomic E-state index is 13.9. The lowest BCUT2D eigenvalue weighted by atomic mass is 9.80. The number of hydrogen-bond donors (Lipinski definition) is 4. The number of amides is 1. The van der Waals surface area contributed by atoms with E-state index in [4.69, 9.17) is 58.6 Å². The first-order valence-corrected chi connectivity index (χ1v) is 31.2. The van der Waals surface area contributed by atoms with E-state index in [1.807, 2.05) is 59.5 Å². The smallest absolute Gasteiger partial charge is 0.313 e. The lowest BCUT2D eigenvalue weighted by Gasteiger charge is -2.47. The molecule has 26 heteroatoms. The van der Waals surface area contributed by atoms with Crippen molar-refractivity contribution in [2.45, 2.75) is 120 Å². The number of halogens is 5. The molecule has 4 fully saturated rings. The van der Waals surface area contributed by atoms with Gasteiger partial charge in [-0.15, -0.1) is 0 Å². The van der Waals surface area contributed by atoms with E-state index in [-0.39, 0.29) is 88.5 Å². The first-order chi connectivity index (χ1) is 43.7. The molecular formula is C64H89F5N8O13. The molecule has 3 atom stereocenters. The Morgan fingerprint density at radius 2 is 1.23 bits per heavy atom. The quantitative estimate of drug-likeness (QED) is 0.00606. The van der Waals surface area contributed by atoms with E-state index in [0.717, 1.165) is 43.5 Å². The van der Waals surface area contributed by atoms with Gasteiger partial charge in [-0.05, 0) is 94.5 Å². The molecule has 0 spiro atoms. The van der Waals surface area contributed by atoms with Gasteiger partial charge in [-0.2, -0.15) is 5.10 Å². The van der Waals surface area contributed by atoms with Crippen molar-refractivity contribution in [2.24, 2.45) is 27.8 Å². The normalized spacial score (nSPS) is 20.4. The Morgan fingerprint density at radius 3 is 1.80 bits per heavy atom. The molecular weight excluding hydrogens is 1180 g/mol. The number of aliphatic imine (C=N–C) groups is 1. The van der Waals surface area contributed by atoms with E-state index >= 15 is 0 Å². The zero-order chi connectivity index (χ0) is 63.9. The van der Waals surface area contributed by atoms with Crippen molar-refractivity contribution in [1.29, 1.82) is 10.8 Å². The topological polar surface area (TPSA) is 253 Å². The summed E-state index contributed by atoms with van der Waals surface area (Å²) in [5.74, 6) is -1.06. The van der Waals surface area contributed by atoms with Gasteiger partial charge in [-0.25, -0.2) is 22.0 Å². The fourth-order valence-electron chi connectivity index (χ4n) is 11.4. The maximum Gasteiger partial charge on any atom is 0.313 e. The van der Waals surface area contributed by atoms with E-state index in [1.54, 1.807) is 6.92 Å². The summed E-state index contributed by atoms with van der Waals surface area (Å²) in [7, 11) is 0. The summed E-state index contributed by atoms with van der Waals surface area (Å²) < 4.78 is 129. The highest BCUT2D eigenvalue weighted by atomic mass is 19.3. The number of fused-ring (bicyclic) bond motifs is 2. The second kappa shape index (κ2) is 38.6. The lowest BCUT2D eigenvalue weighted by Crippen LogP contribution is -2.56. The van der Waals surface area contributed by atoms with E-state index in [9.17, 15) is 37.0 Å². The molecule has 1 amide bonds. The Hall–Kier alpha value is -6.23. The number of rotatable bonds is 42.